The van der Waals surface area contributed by atoms with Crippen molar-refractivity contribution in [1.82, 2.24) is 24.8 Å². The zero-order valence-electron chi connectivity index (χ0n) is 17.8. The number of hydrogen-bond acceptors (Lipinski definition) is 4. The molecule has 0 spiro atoms. The van der Waals surface area contributed by atoms with Gasteiger partial charge in [-0.05, 0) is 48.7 Å². The maximum Gasteiger partial charge on any atom is 0.252 e. The number of carbonyl (C=O) groups excluding carboxylic acids is 1. The van der Waals surface area contributed by atoms with E-state index in [4.69, 9.17) is 21.6 Å². The number of aromatic nitrogens is 4. The zero-order chi connectivity index (χ0) is 22.0. The molecule has 1 atom stereocenters. The van der Waals surface area contributed by atoms with Gasteiger partial charge in [0.2, 0.25) is 0 Å². The highest BCUT2D eigenvalue weighted by molar-refractivity contribution is 6.30. The second-order valence-corrected chi connectivity index (χ2v) is 7.82. The number of rotatable bonds is 6. The van der Waals surface area contributed by atoms with Gasteiger partial charge in [-0.3, -0.25) is 4.79 Å². The van der Waals surface area contributed by atoms with Crippen molar-refractivity contribution < 1.29 is 4.79 Å². The lowest BCUT2D eigenvalue weighted by molar-refractivity contribution is 0.0941. The van der Waals surface area contributed by atoms with Gasteiger partial charge in [0.05, 0.1) is 22.4 Å². The van der Waals surface area contributed by atoms with Gasteiger partial charge in [-0.15, -0.1) is 0 Å². The minimum atomic E-state index is -0.416. The van der Waals surface area contributed by atoms with Crippen LogP contribution in [0.1, 0.15) is 53.0 Å². The SMILES string of the molecule is CCc1nc2ccc(C(=O)N[C@H](c3ccc(Cl)cc3)c3nccn3C)cc2nc1CC. The Morgan fingerprint density at radius 1 is 1.03 bits per heavy atom. The molecule has 0 saturated carbocycles. The summed E-state index contributed by atoms with van der Waals surface area (Å²) >= 11 is 6.05. The molecule has 2 heterocycles. The van der Waals surface area contributed by atoms with Crippen molar-refractivity contribution in [2.75, 3.05) is 0 Å². The van der Waals surface area contributed by atoms with Crippen LogP contribution in [0.4, 0.5) is 0 Å². The highest BCUT2D eigenvalue weighted by atomic mass is 35.5. The van der Waals surface area contributed by atoms with Crippen molar-refractivity contribution in [3.05, 3.63) is 88.2 Å². The molecule has 0 bridgehead atoms. The summed E-state index contributed by atoms with van der Waals surface area (Å²) in [5, 5.41) is 3.75. The first-order valence-corrected chi connectivity index (χ1v) is 10.7. The first-order chi connectivity index (χ1) is 15.0. The monoisotopic (exact) mass is 433 g/mol. The molecule has 2 aromatic carbocycles. The number of fused-ring (bicyclic) bond motifs is 1. The van der Waals surface area contributed by atoms with Crippen molar-refractivity contribution in [2.45, 2.75) is 32.7 Å². The van der Waals surface area contributed by atoms with E-state index in [2.05, 4.69) is 24.1 Å². The number of hydrogen-bond donors (Lipinski definition) is 1. The molecule has 7 heteroatoms. The fraction of sp³-hybridized carbons (Fsp3) is 0.250. The summed E-state index contributed by atoms with van der Waals surface area (Å²) in [6, 6.07) is 12.4. The number of nitrogens with zero attached hydrogens (tertiary/aromatic N) is 4. The number of nitrogens with one attached hydrogen (secondary N) is 1. The molecule has 2 aromatic heterocycles. The lowest BCUT2D eigenvalue weighted by Crippen LogP contribution is -2.31. The summed E-state index contributed by atoms with van der Waals surface area (Å²) in [5.74, 6) is 0.529. The molecule has 6 nitrogen and oxygen atoms in total. The molecule has 1 N–H and O–H groups in total. The zero-order valence-corrected chi connectivity index (χ0v) is 18.5. The molecular weight excluding hydrogens is 410 g/mol. The lowest BCUT2D eigenvalue weighted by atomic mass is 10.0. The topological polar surface area (TPSA) is 72.7 Å². The fourth-order valence-electron chi connectivity index (χ4n) is 3.66. The maximum absolute atomic E-state index is 13.2. The highest BCUT2D eigenvalue weighted by Crippen LogP contribution is 2.23. The Labute approximate surface area is 186 Å². The summed E-state index contributed by atoms with van der Waals surface area (Å²) in [6.45, 7) is 4.14. The quantitative estimate of drug-likeness (QED) is 0.480. The molecule has 31 heavy (non-hydrogen) atoms. The van der Waals surface area contributed by atoms with Crippen molar-refractivity contribution >= 4 is 28.5 Å². The Kier molecular flexibility index (Phi) is 6.00. The van der Waals surface area contributed by atoms with Crippen molar-refractivity contribution in [3.8, 4) is 0 Å². The van der Waals surface area contributed by atoms with Gasteiger partial charge in [0.15, 0.2) is 0 Å². The largest absolute Gasteiger partial charge is 0.338 e. The van der Waals surface area contributed by atoms with E-state index < -0.39 is 6.04 Å². The predicted octanol–water partition coefficient (Wildman–Crippen LogP) is 4.66. The van der Waals surface area contributed by atoms with Gasteiger partial charge in [0.25, 0.3) is 5.91 Å². The minimum absolute atomic E-state index is 0.204. The van der Waals surface area contributed by atoms with E-state index >= 15 is 0 Å². The fourth-order valence-corrected chi connectivity index (χ4v) is 3.78. The smallest absolute Gasteiger partial charge is 0.252 e. The molecule has 158 valence electrons. The van der Waals surface area contributed by atoms with Crippen LogP contribution in [-0.4, -0.2) is 25.4 Å². The summed E-state index contributed by atoms with van der Waals surface area (Å²) in [4.78, 5) is 27.1. The van der Waals surface area contributed by atoms with Crippen molar-refractivity contribution in [1.29, 1.82) is 0 Å². The van der Waals surface area contributed by atoms with E-state index in [1.54, 1.807) is 18.3 Å². The average molecular weight is 434 g/mol. The molecule has 0 fully saturated rings. The van der Waals surface area contributed by atoms with E-state index in [-0.39, 0.29) is 5.91 Å². The van der Waals surface area contributed by atoms with Gasteiger partial charge in [-0.2, -0.15) is 0 Å². The Balaban J connectivity index is 1.69. The molecular formula is C24H24ClN5O. The lowest BCUT2D eigenvalue weighted by Gasteiger charge is -2.19. The summed E-state index contributed by atoms with van der Waals surface area (Å²) in [6.07, 6.45) is 5.21. The van der Waals surface area contributed by atoms with E-state index in [1.807, 2.05) is 48.1 Å². The molecule has 0 aliphatic carbocycles. The van der Waals surface area contributed by atoms with Crippen LogP contribution >= 0.6 is 11.6 Å². The average Bonchev–Trinajstić information content (AvgIpc) is 3.22. The Morgan fingerprint density at radius 3 is 2.32 bits per heavy atom. The van der Waals surface area contributed by atoms with Gasteiger partial charge in [0, 0.05) is 30.0 Å². The predicted molar refractivity (Wildman–Crippen MR) is 122 cm³/mol. The standard InChI is InChI=1S/C24H24ClN5O/c1-4-18-19(5-2)28-21-14-16(8-11-20(21)27-18)24(31)29-22(23-26-12-13-30(23)3)15-6-9-17(25)10-7-15/h6-14,22H,4-5H2,1-3H3,(H,29,31)/t22-/m1/s1. The summed E-state index contributed by atoms with van der Waals surface area (Å²) < 4.78 is 1.89. The van der Waals surface area contributed by atoms with E-state index in [1.165, 1.54) is 0 Å². The van der Waals surface area contributed by atoms with Crippen LogP contribution in [0, 0.1) is 0 Å². The van der Waals surface area contributed by atoms with E-state index in [0.717, 1.165) is 46.7 Å². The third kappa shape index (κ3) is 4.30. The molecule has 0 saturated heterocycles. The molecule has 4 rings (SSSR count). The number of halogens is 1. The number of carbonyl (C=O) groups is 1. The van der Waals surface area contributed by atoms with E-state index in [0.29, 0.717) is 10.6 Å². The third-order valence-corrected chi connectivity index (χ3v) is 5.60. The normalized spacial score (nSPS) is 12.1. The first-order valence-electron chi connectivity index (χ1n) is 10.3. The Morgan fingerprint density at radius 2 is 1.71 bits per heavy atom. The van der Waals surface area contributed by atoms with Gasteiger partial charge >= 0.3 is 0 Å². The molecule has 0 aliphatic heterocycles. The molecule has 0 radical (unpaired) electrons. The van der Waals surface area contributed by atoms with Crippen LogP contribution in [-0.2, 0) is 19.9 Å². The van der Waals surface area contributed by atoms with Crippen LogP contribution < -0.4 is 5.32 Å². The first kappa shape index (κ1) is 21.0. The molecule has 0 aliphatic rings. The molecule has 0 unspecified atom stereocenters. The van der Waals surface area contributed by atoms with Crippen LogP contribution in [0.15, 0.2) is 54.9 Å². The van der Waals surface area contributed by atoms with Gasteiger partial charge < -0.3 is 9.88 Å². The summed E-state index contributed by atoms with van der Waals surface area (Å²) in [7, 11) is 1.90. The second kappa shape index (κ2) is 8.86. The third-order valence-electron chi connectivity index (χ3n) is 5.35. The van der Waals surface area contributed by atoms with Gasteiger partial charge in [-0.25, -0.2) is 15.0 Å². The number of aryl methyl sites for hydroxylation is 3. The van der Waals surface area contributed by atoms with Crippen LogP contribution in [0.2, 0.25) is 5.02 Å². The molecule has 4 aromatic rings. The number of amides is 1. The Hall–Kier alpha value is -3.25. The highest BCUT2D eigenvalue weighted by Gasteiger charge is 2.22. The van der Waals surface area contributed by atoms with Crippen LogP contribution in [0.3, 0.4) is 0 Å². The number of imidazole rings is 1. The minimum Gasteiger partial charge on any atom is -0.338 e. The van der Waals surface area contributed by atoms with Gasteiger partial charge in [-0.1, -0.05) is 37.6 Å². The van der Waals surface area contributed by atoms with Crippen LogP contribution in [0.25, 0.3) is 11.0 Å². The van der Waals surface area contributed by atoms with Crippen molar-refractivity contribution in [3.63, 3.8) is 0 Å². The van der Waals surface area contributed by atoms with E-state index in [9.17, 15) is 4.79 Å². The Bertz CT molecular complexity index is 1230. The van der Waals surface area contributed by atoms with Gasteiger partial charge in [0.1, 0.15) is 11.9 Å². The number of benzene rings is 2. The maximum atomic E-state index is 13.2. The molecule has 1 amide bonds. The second-order valence-electron chi connectivity index (χ2n) is 7.38. The van der Waals surface area contributed by atoms with Crippen molar-refractivity contribution in [2.24, 2.45) is 7.05 Å². The summed E-state index contributed by atoms with van der Waals surface area (Å²) in [5.41, 5.74) is 4.92. The van der Waals surface area contributed by atoms with Crippen LogP contribution in [0.5, 0.6) is 0 Å².